The Balaban J connectivity index is 0.983. The molecule has 230 valence electrons. The molecule has 2 aliphatic rings. The molecule has 0 radical (unpaired) electrons. The van der Waals surface area contributed by atoms with E-state index in [2.05, 4.69) is 25.3 Å². The number of halogens is 1. The molecular formula is C31H39FN6O5. The average Bonchev–Trinajstić information content (AvgIpc) is 3.53. The molecule has 43 heavy (non-hydrogen) atoms. The molecule has 0 saturated carbocycles. The van der Waals surface area contributed by atoms with E-state index in [1.807, 2.05) is 35.2 Å². The van der Waals surface area contributed by atoms with Crippen molar-refractivity contribution in [2.45, 2.75) is 25.8 Å². The van der Waals surface area contributed by atoms with Gasteiger partial charge in [0.1, 0.15) is 17.6 Å². The van der Waals surface area contributed by atoms with E-state index in [-0.39, 0.29) is 23.2 Å². The molecule has 11 nitrogen and oxygen atoms in total. The summed E-state index contributed by atoms with van der Waals surface area (Å²) >= 11 is 0. The van der Waals surface area contributed by atoms with Gasteiger partial charge in [0.05, 0.1) is 25.4 Å². The van der Waals surface area contributed by atoms with Crippen LogP contribution in [0.1, 0.15) is 19.8 Å². The van der Waals surface area contributed by atoms with E-state index in [0.717, 1.165) is 44.7 Å². The van der Waals surface area contributed by atoms with Crippen LogP contribution >= 0.6 is 0 Å². The number of carbonyl (C=O) groups excluding carboxylic acids is 2. The van der Waals surface area contributed by atoms with Gasteiger partial charge in [0, 0.05) is 70.4 Å². The maximum atomic E-state index is 14.8. The topological polar surface area (TPSA) is 113 Å². The van der Waals surface area contributed by atoms with E-state index in [1.54, 1.807) is 19.1 Å². The molecule has 0 bridgehead atoms. The third-order valence-corrected chi connectivity index (χ3v) is 7.71. The minimum atomic E-state index is -0.546. The summed E-state index contributed by atoms with van der Waals surface area (Å²) in [5.41, 5.74) is 1.01. The van der Waals surface area contributed by atoms with Crippen LogP contribution in [0.4, 0.5) is 4.39 Å². The highest BCUT2D eigenvalue weighted by Crippen LogP contribution is 2.26. The number of benzene rings is 2. The molecule has 1 atom stereocenters. The summed E-state index contributed by atoms with van der Waals surface area (Å²) in [5.74, 6) is 0.307. The zero-order chi connectivity index (χ0) is 30.0. The van der Waals surface area contributed by atoms with Gasteiger partial charge in [0.25, 0.3) is 5.89 Å². The lowest BCUT2D eigenvalue weighted by Gasteiger charge is -2.36. The Morgan fingerprint density at radius 2 is 1.74 bits per heavy atom. The van der Waals surface area contributed by atoms with Gasteiger partial charge in [-0.3, -0.25) is 19.4 Å². The first-order valence-corrected chi connectivity index (χ1v) is 14.9. The molecule has 5 rings (SSSR count). The lowest BCUT2D eigenvalue weighted by molar-refractivity contribution is -0.137. The largest absolute Gasteiger partial charge is 0.493 e. The quantitative estimate of drug-likeness (QED) is 0.316. The summed E-state index contributed by atoms with van der Waals surface area (Å²) in [4.78, 5) is 35.8. The van der Waals surface area contributed by atoms with Crippen molar-refractivity contribution in [1.29, 1.82) is 0 Å². The molecule has 2 fully saturated rings. The molecule has 1 N–H and O–H groups in total. The minimum Gasteiger partial charge on any atom is -0.493 e. The Bertz CT molecular complexity index is 1340. The summed E-state index contributed by atoms with van der Waals surface area (Å²) in [5, 5.41) is 6.77. The molecule has 0 spiro atoms. The first kappa shape index (κ1) is 30.6. The van der Waals surface area contributed by atoms with Crippen LogP contribution in [0.25, 0.3) is 22.8 Å². The summed E-state index contributed by atoms with van der Waals surface area (Å²) in [6.07, 6.45) is 1.14. The van der Waals surface area contributed by atoms with Crippen molar-refractivity contribution in [1.82, 2.24) is 30.2 Å². The Morgan fingerprint density at radius 3 is 2.49 bits per heavy atom. The standard InChI is InChI=1S/C31H39FN6O5/c1-23(33-28(39)10-12-37-17-20-41-21-18-37)31(40)38-15-13-36(14-16-38)11-5-19-42-25-8-9-26(27(32)22-25)29-34-30(43-35-29)24-6-3-2-4-7-24/h2-4,6-9,22-23H,5,10-21H2,1H3,(H,33,39)/t23-/m1/s1. The van der Waals surface area contributed by atoms with Crippen molar-refractivity contribution in [2.24, 2.45) is 0 Å². The fraction of sp³-hybridized carbons (Fsp3) is 0.484. The fourth-order valence-corrected chi connectivity index (χ4v) is 5.20. The number of carbonyl (C=O) groups is 2. The maximum Gasteiger partial charge on any atom is 0.258 e. The van der Waals surface area contributed by atoms with Gasteiger partial charge in [0.15, 0.2) is 0 Å². The van der Waals surface area contributed by atoms with Crippen molar-refractivity contribution in [3.63, 3.8) is 0 Å². The van der Waals surface area contributed by atoms with E-state index in [0.29, 0.717) is 57.5 Å². The smallest absolute Gasteiger partial charge is 0.258 e. The van der Waals surface area contributed by atoms with Crippen LogP contribution in [0.15, 0.2) is 53.1 Å². The number of aromatic nitrogens is 2. The van der Waals surface area contributed by atoms with E-state index < -0.39 is 11.9 Å². The number of ether oxygens (including phenoxy) is 2. The number of nitrogens with one attached hydrogen (secondary N) is 1. The molecule has 3 aromatic rings. The van der Waals surface area contributed by atoms with E-state index in [1.165, 1.54) is 6.07 Å². The second-order valence-corrected chi connectivity index (χ2v) is 10.8. The molecule has 12 heteroatoms. The lowest BCUT2D eigenvalue weighted by atomic mass is 10.2. The van der Waals surface area contributed by atoms with E-state index in [4.69, 9.17) is 14.0 Å². The van der Waals surface area contributed by atoms with E-state index in [9.17, 15) is 14.0 Å². The molecular weight excluding hydrogens is 555 g/mol. The number of amides is 2. The van der Waals surface area contributed by atoms with Gasteiger partial charge >= 0.3 is 0 Å². The van der Waals surface area contributed by atoms with Crippen LogP contribution in [0, 0.1) is 5.82 Å². The summed E-state index contributed by atoms with van der Waals surface area (Å²) < 4.78 is 31.2. The predicted octanol–water partition coefficient (Wildman–Crippen LogP) is 2.68. The summed E-state index contributed by atoms with van der Waals surface area (Å²) in [7, 11) is 0. The van der Waals surface area contributed by atoms with Gasteiger partial charge in [-0.05, 0) is 37.6 Å². The third-order valence-electron chi connectivity index (χ3n) is 7.71. The van der Waals surface area contributed by atoms with Crippen LogP contribution in [0.2, 0.25) is 0 Å². The Kier molecular flexibility index (Phi) is 10.7. The zero-order valence-electron chi connectivity index (χ0n) is 24.5. The van der Waals surface area contributed by atoms with Crippen LogP contribution in [-0.2, 0) is 14.3 Å². The predicted molar refractivity (Wildman–Crippen MR) is 158 cm³/mol. The van der Waals surface area contributed by atoms with Crippen LogP contribution in [-0.4, -0.2) is 115 Å². The fourth-order valence-electron chi connectivity index (χ4n) is 5.20. The van der Waals surface area contributed by atoms with Gasteiger partial charge in [-0.25, -0.2) is 4.39 Å². The van der Waals surface area contributed by atoms with Gasteiger partial charge in [-0.1, -0.05) is 23.4 Å². The summed E-state index contributed by atoms with van der Waals surface area (Å²) in [6.45, 7) is 9.47. The summed E-state index contributed by atoms with van der Waals surface area (Å²) in [6, 6.07) is 13.4. The monoisotopic (exact) mass is 594 g/mol. The molecule has 2 aromatic carbocycles. The van der Waals surface area contributed by atoms with Crippen molar-refractivity contribution >= 4 is 11.8 Å². The maximum absolute atomic E-state index is 14.8. The second kappa shape index (κ2) is 15.0. The molecule has 0 unspecified atom stereocenters. The minimum absolute atomic E-state index is 0.0507. The molecule has 2 aliphatic heterocycles. The number of morpholine rings is 1. The first-order chi connectivity index (χ1) is 21.0. The molecule has 3 heterocycles. The number of rotatable bonds is 12. The second-order valence-electron chi connectivity index (χ2n) is 10.8. The van der Waals surface area contributed by atoms with Gasteiger partial charge < -0.3 is 24.2 Å². The third kappa shape index (κ3) is 8.59. The SMILES string of the molecule is C[C@@H](NC(=O)CCN1CCOCC1)C(=O)N1CCN(CCCOc2ccc(-c3noc(-c4ccccc4)n3)c(F)c2)CC1. The van der Waals surface area contributed by atoms with Crippen LogP contribution < -0.4 is 10.1 Å². The van der Waals surface area contributed by atoms with Crippen LogP contribution in [0.5, 0.6) is 5.75 Å². The average molecular weight is 595 g/mol. The lowest BCUT2D eigenvalue weighted by Crippen LogP contribution is -2.54. The highest BCUT2D eigenvalue weighted by molar-refractivity contribution is 5.87. The Hall–Kier alpha value is -3.87. The van der Waals surface area contributed by atoms with E-state index >= 15 is 0 Å². The van der Waals surface area contributed by atoms with Crippen molar-refractivity contribution in [3.8, 4) is 28.6 Å². The number of hydrogen-bond acceptors (Lipinski definition) is 9. The molecule has 1 aromatic heterocycles. The Labute approximate surface area is 250 Å². The molecule has 2 amide bonds. The zero-order valence-corrected chi connectivity index (χ0v) is 24.5. The van der Waals surface area contributed by atoms with Crippen molar-refractivity contribution in [3.05, 3.63) is 54.3 Å². The normalized spacial score (nSPS) is 17.0. The number of nitrogens with zero attached hydrogens (tertiary/aromatic N) is 5. The molecule has 2 saturated heterocycles. The highest BCUT2D eigenvalue weighted by Gasteiger charge is 2.26. The number of piperazine rings is 1. The highest BCUT2D eigenvalue weighted by atomic mass is 19.1. The number of hydrogen-bond donors (Lipinski definition) is 1. The first-order valence-electron chi connectivity index (χ1n) is 14.9. The van der Waals surface area contributed by atoms with Crippen LogP contribution in [0.3, 0.4) is 0 Å². The Morgan fingerprint density at radius 1 is 1.00 bits per heavy atom. The van der Waals surface area contributed by atoms with Gasteiger partial charge in [-0.2, -0.15) is 4.98 Å². The van der Waals surface area contributed by atoms with Crippen molar-refractivity contribution in [2.75, 3.05) is 72.2 Å². The van der Waals surface area contributed by atoms with Crippen molar-refractivity contribution < 1.29 is 28.0 Å². The molecule has 0 aliphatic carbocycles. The van der Waals surface area contributed by atoms with Gasteiger partial charge in [0.2, 0.25) is 17.6 Å². The van der Waals surface area contributed by atoms with Gasteiger partial charge in [-0.15, -0.1) is 0 Å².